The highest BCUT2D eigenvalue weighted by Gasteiger charge is 2.43. The van der Waals surface area contributed by atoms with Crippen molar-refractivity contribution in [2.75, 3.05) is 53.4 Å². The maximum absolute atomic E-state index is 14.4. The molecule has 0 saturated heterocycles. The molecule has 9 heteroatoms. The number of ketones is 1. The van der Waals surface area contributed by atoms with E-state index in [0.29, 0.717) is 40.9 Å². The highest BCUT2D eigenvalue weighted by molar-refractivity contribution is 7.99. The van der Waals surface area contributed by atoms with Crippen LogP contribution in [0.2, 0.25) is 5.02 Å². The van der Waals surface area contributed by atoms with Crippen LogP contribution in [0.15, 0.2) is 65.6 Å². The average Bonchev–Trinajstić information content (AvgIpc) is 3.04. The highest BCUT2D eigenvalue weighted by atomic mass is 35.5. The Balaban J connectivity index is 1.89. The lowest BCUT2D eigenvalue weighted by Crippen LogP contribution is -2.43. The van der Waals surface area contributed by atoms with Crippen molar-refractivity contribution in [1.29, 1.82) is 0 Å². The predicted molar refractivity (Wildman–Crippen MR) is 151 cm³/mol. The van der Waals surface area contributed by atoms with Gasteiger partial charge in [0.25, 0.3) is 0 Å². The van der Waals surface area contributed by atoms with Crippen LogP contribution in [0, 0.1) is 5.92 Å². The monoisotopic (exact) mass is 554 g/mol. The van der Waals surface area contributed by atoms with Crippen molar-refractivity contribution in [1.82, 2.24) is 4.90 Å². The molecule has 0 aromatic heterocycles. The maximum atomic E-state index is 14.4. The number of para-hydroxylation sites is 1. The molecule has 0 fully saturated rings. The van der Waals surface area contributed by atoms with Crippen molar-refractivity contribution in [3.05, 3.63) is 76.8 Å². The minimum Gasteiger partial charge on any atom is -0.493 e. The quantitative estimate of drug-likeness (QED) is 0.252. The van der Waals surface area contributed by atoms with Crippen LogP contribution in [-0.2, 0) is 4.79 Å². The number of carbonyl (C=O) groups excluding carboxylic acids is 2. The number of amides is 1. The van der Waals surface area contributed by atoms with E-state index in [9.17, 15) is 9.59 Å². The molecule has 3 aromatic carbocycles. The Labute approximate surface area is 232 Å². The predicted octanol–water partition coefficient (Wildman–Crippen LogP) is 5.61. The summed E-state index contributed by atoms with van der Waals surface area (Å²) in [6, 6.07) is 18.3. The number of hydrogen-bond donors (Lipinski definition) is 0. The van der Waals surface area contributed by atoms with Crippen LogP contribution in [-0.4, -0.2) is 65.1 Å². The number of likely N-dealkylation sites (N-methyl/N-ethyl adjacent to an activating group) is 1. The summed E-state index contributed by atoms with van der Waals surface area (Å²) in [6.45, 7) is 1.08. The standard InChI is InChI=1S/C29H31ClN2O5S/c1-31(2)14-15-32-21-8-6-7-9-24(21)38-28(18-10-12-20(30)13-11-18)25(29(32)34)26(33)19-16-22(35-3)27(37-5)23(17-19)36-4/h6-13,16-17,25,28H,14-15H2,1-5H3/t25-,28+/m0/s1. The van der Waals surface area contributed by atoms with Gasteiger partial charge in [-0.1, -0.05) is 35.9 Å². The van der Waals surface area contributed by atoms with E-state index in [2.05, 4.69) is 0 Å². The summed E-state index contributed by atoms with van der Waals surface area (Å²) >= 11 is 7.69. The Morgan fingerprint density at radius 1 is 0.974 bits per heavy atom. The van der Waals surface area contributed by atoms with Crippen molar-refractivity contribution in [3.8, 4) is 17.2 Å². The van der Waals surface area contributed by atoms with Gasteiger partial charge in [-0.25, -0.2) is 0 Å². The normalized spacial score (nSPS) is 17.1. The Bertz CT molecular complexity index is 1290. The van der Waals surface area contributed by atoms with Gasteiger partial charge in [0, 0.05) is 28.6 Å². The Morgan fingerprint density at radius 3 is 2.18 bits per heavy atom. The van der Waals surface area contributed by atoms with Gasteiger partial charge < -0.3 is 24.0 Å². The fourth-order valence-electron chi connectivity index (χ4n) is 4.50. The molecule has 4 rings (SSSR count). The van der Waals surface area contributed by atoms with E-state index in [1.165, 1.54) is 33.1 Å². The summed E-state index contributed by atoms with van der Waals surface area (Å²) in [5, 5.41) is 0.0936. The maximum Gasteiger partial charge on any atom is 0.239 e. The van der Waals surface area contributed by atoms with Crippen LogP contribution in [0.5, 0.6) is 17.2 Å². The molecule has 0 aliphatic carbocycles. The molecule has 3 aromatic rings. The van der Waals surface area contributed by atoms with Crippen LogP contribution in [0.3, 0.4) is 0 Å². The third-order valence-corrected chi connectivity index (χ3v) is 8.10. The first-order valence-corrected chi connectivity index (χ1v) is 13.4. The number of nitrogens with zero attached hydrogens (tertiary/aromatic N) is 2. The summed E-state index contributed by atoms with van der Waals surface area (Å²) in [6.07, 6.45) is 0. The zero-order valence-electron chi connectivity index (χ0n) is 22.1. The van der Waals surface area contributed by atoms with Gasteiger partial charge in [-0.05, 0) is 56.1 Å². The number of methoxy groups -OCH3 is 3. The number of carbonyl (C=O) groups is 2. The number of fused-ring (bicyclic) bond motifs is 1. The molecule has 0 unspecified atom stereocenters. The number of halogens is 1. The molecule has 1 aliphatic heterocycles. The summed E-state index contributed by atoms with van der Waals surface area (Å²) in [7, 11) is 8.41. The number of thioether (sulfide) groups is 1. The first kappa shape index (κ1) is 27.8. The number of ether oxygens (including phenoxy) is 3. The van der Waals surface area contributed by atoms with E-state index in [4.69, 9.17) is 25.8 Å². The fraction of sp³-hybridized carbons (Fsp3) is 0.310. The SMILES string of the molecule is COc1cc(C(=O)[C@@H]2C(=O)N(CCN(C)C)c3ccccc3S[C@@H]2c2ccc(Cl)cc2)cc(OC)c1OC. The molecular weight excluding hydrogens is 524 g/mol. The zero-order valence-corrected chi connectivity index (χ0v) is 23.6. The zero-order chi connectivity index (χ0) is 27.4. The third kappa shape index (κ3) is 5.62. The molecule has 200 valence electrons. The molecular formula is C29H31ClN2O5S. The minimum atomic E-state index is -1.02. The van der Waals surface area contributed by atoms with E-state index < -0.39 is 11.2 Å². The lowest BCUT2D eigenvalue weighted by atomic mass is 9.89. The van der Waals surface area contributed by atoms with Gasteiger partial charge >= 0.3 is 0 Å². The molecule has 1 amide bonds. The van der Waals surface area contributed by atoms with E-state index in [1.54, 1.807) is 29.2 Å². The second-order valence-corrected chi connectivity index (χ2v) is 10.7. The van der Waals surface area contributed by atoms with E-state index in [-0.39, 0.29) is 11.7 Å². The van der Waals surface area contributed by atoms with Gasteiger partial charge in [-0.15, -0.1) is 11.8 Å². The summed E-state index contributed by atoms with van der Waals surface area (Å²) in [5.41, 5.74) is 1.93. The Hall–Kier alpha value is -3.20. The summed E-state index contributed by atoms with van der Waals surface area (Å²) in [4.78, 5) is 33.4. The summed E-state index contributed by atoms with van der Waals surface area (Å²) in [5.74, 6) is -0.535. The molecule has 38 heavy (non-hydrogen) atoms. The molecule has 7 nitrogen and oxygen atoms in total. The second-order valence-electron chi connectivity index (χ2n) is 9.11. The van der Waals surface area contributed by atoms with Crippen LogP contribution in [0.25, 0.3) is 0 Å². The van der Waals surface area contributed by atoms with Gasteiger partial charge in [0.05, 0.1) is 32.3 Å². The van der Waals surface area contributed by atoms with E-state index in [0.717, 1.165) is 16.1 Å². The lowest BCUT2D eigenvalue weighted by Gasteiger charge is -2.28. The number of benzene rings is 3. The first-order chi connectivity index (χ1) is 18.3. The Morgan fingerprint density at radius 2 is 1.61 bits per heavy atom. The van der Waals surface area contributed by atoms with Gasteiger partial charge in [0.1, 0.15) is 5.92 Å². The molecule has 0 radical (unpaired) electrons. The number of anilines is 1. The number of rotatable bonds is 9. The lowest BCUT2D eigenvalue weighted by molar-refractivity contribution is -0.121. The van der Waals surface area contributed by atoms with Gasteiger partial charge in [0.15, 0.2) is 17.3 Å². The average molecular weight is 555 g/mol. The second kappa shape index (κ2) is 12.1. The van der Waals surface area contributed by atoms with Crippen molar-refractivity contribution < 1.29 is 23.8 Å². The first-order valence-electron chi connectivity index (χ1n) is 12.1. The molecule has 1 aliphatic rings. The largest absolute Gasteiger partial charge is 0.493 e. The Kier molecular flexibility index (Phi) is 8.87. The van der Waals surface area contributed by atoms with Crippen LogP contribution in [0.1, 0.15) is 21.2 Å². The number of Topliss-reactive ketones (excluding diaryl/α,β-unsaturated/α-hetero) is 1. The highest BCUT2D eigenvalue weighted by Crippen LogP contribution is 2.50. The van der Waals surface area contributed by atoms with Crippen molar-refractivity contribution >= 4 is 40.7 Å². The smallest absolute Gasteiger partial charge is 0.239 e. The van der Waals surface area contributed by atoms with Gasteiger partial charge in [-0.2, -0.15) is 0 Å². The molecule has 0 spiro atoms. The van der Waals surface area contributed by atoms with E-state index in [1.807, 2.05) is 55.4 Å². The number of hydrogen-bond acceptors (Lipinski definition) is 7. The van der Waals surface area contributed by atoms with Crippen molar-refractivity contribution in [3.63, 3.8) is 0 Å². The fourth-order valence-corrected chi connectivity index (χ4v) is 6.02. The van der Waals surface area contributed by atoms with E-state index >= 15 is 0 Å². The van der Waals surface area contributed by atoms with Crippen LogP contribution >= 0.6 is 23.4 Å². The molecule has 0 N–H and O–H groups in total. The third-order valence-electron chi connectivity index (χ3n) is 6.45. The molecule has 1 heterocycles. The van der Waals surface area contributed by atoms with Crippen LogP contribution in [0.4, 0.5) is 5.69 Å². The summed E-state index contributed by atoms with van der Waals surface area (Å²) < 4.78 is 16.4. The molecule has 2 atom stereocenters. The van der Waals surface area contributed by atoms with Gasteiger partial charge in [-0.3, -0.25) is 9.59 Å². The van der Waals surface area contributed by atoms with Gasteiger partial charge in [0.2, 0.25) is 11.7 Å². The molecule has 0 saturated carbocycles. The topological polar surface area (TPSA) is 68.3 Å². The van der Waals surface area contributed by atoms with Crippen molar-refractivity contribution in [2.45, 2.75) is 10.1 Å². The van der Waals surface area contributed by atoms with Crippen molar-refractivity contribution in [2.24, 2.45) is 5.92 Å². The van der Waals surface area contributed by atoms with Crippen LogP contribution < -0.4 is 19.1 Å². The molecule has 0 bridgehead atoms. The minimum absolute atomic E-state index is 0.261.